The van der Waals surface area contributed by atoms with Crippen LogP contribution in [0, 0.1) is 45.6 Å². The fourth-order valence-electron chi connectivity index (χ4n) is 10.2. The van der Waals surface area contributed by atoms with Crippen LogP contribution in [0.2, 0.25) is 19.6 Å². The number of fused-ring (bicyclic) bond motifs is 3. The summed E-state index contributed by atoms with van der Waals surface area (Å²) in [7, 11) is 7.23. The van der Waals surface area contributed by atoms with Gasteiger partial charge in [0, 0.05) is 38.9 Å². The van der Waals surface area contributed by atoms with Crippen LogP contribution in [0.25, 0.3) is 53.8 Å². The Balaban J connectivity index is 0.000000190. The van der Waals surface area contributed by atoms with Crippen LogP contribution < -0.4 is 14.3 Å². The topological polar surface area (TPSA) is 7.76 Å². The molecule has 2 nitrogen and oxygen atoms in total. The van der Waals surface area contributed by atoms with Crippen LogP contribution in [0.1, 0.15) is 105 Å². The van der Waals surface area contributed by atoms with E-state index in [0.717, 1.165) is 52.6 Å². The Labute approximate surface area is 396 Å². The molecular formula is C57H65FIrN2SSi-2. The zero-order valence-electron chi connectivity index (χ0n) is 38.2. The first-order valence-electron chi connectivity index (χ1n) is 23.0. The minimum atomic E-state index is -1.42. The standard InChI is InChI=1S/C31H27FNS.C26H38NSi.Ir/c1-20-7-13-26-27-19-24(23-8-11-25(32)12-9-23)10-14-29(27)34-31(26)30(20)28-18-22(15-16-33(28)2)17-21-5-3-4-6-21;1-19(2)15-23-17-25(27(4)18-26(23)28(5,6)7)24-14-13-22(16-20(24)3)21-11-9-8-10-12-21;/h7-16,18-19,21H,1-6,17H2;13-14,16-19,21H,3-4,8-12,15H2,1-2,5-7H3;/q2*-1;. The van der Waals surface area contributed by atoms with Crippen LogP contribution in [-0.2, 0) is 32.9 Å². The third kappa shape index (κ3) is 10.5. The number of pyridine rings is 2. The Morgan fingerprint density at radius 3 is 2.10 bits per heavy atom. The van der Waals surface area contributed by atoms with E-state index >= 15 is 0 Å². The zero-order valence-corrected chi connectivity index (χ0v) is 42.4. The largest absolute Gasteiger partial charge is 0.343 e. The van der Waals surface area contributed by atoms with Crippen molar-refractivity contribution in [2.75, 3.05) is 0 Å². The number of aromatic nitrogens is 2. The second-order valence-corrected chi connectivity index (χ2v) is 25.8. The number of hydrogen-bond donors (Lipinski definition) is 0. The van der Waals surface area contributed by atoms with Crippen molar-refractivity contribution in [3.63, 3.8) is 0 Å². The predicted octanol–water partition coefficient (Wildman–Crippen LogP) is 14.6. The molecule has 331 valence electrons. The molecular weight excluding hydrogens is 984 g/mol. The minimum absolute atomic E-state index is 0. The Morgan fingerprint density at radius 2 is 1.41 bits per heavy atom. The smallest absolute Gasteiger partial charge is 0.123 e. The van der Waals surface area contributed by atoms with Gasteiger partial charge in [-0.3, -0.25) is 0 Å². The van der Waals surface area contributed by atoms with E-state index in [1.807, 2.05) is 28.0 Å². The Morgan fingerprint density at radius 1 is 0.714 bits per heavy atom. The van der Waals surface area contributed by atoms with E-state index in [-0.39, 0.29) is 25.9 Å². The molecule has 0 amide bonds. The maximum atomic E-state index is 13.4. The van der Waals surface area contributed by atoms with Crippen LogP contribution in [0.3, 0.4) is 0 Å². The van der Waals surface area contributed by atoms with Gasteiger partial charge in [0.15, 0.2) is 0 Å². The second kappa shape index (κ2) is 19.8. The van der Waals surface area contributed by atoms with E-state index in [1.54, 1.807) is 0 Å². The van der Waals surface area contributed by atoms with Crippen molar-refractivity contribution >= 4 is 44.8 Å². The van der Waals surface area contributed by atoms with Crippen molar-refractivity contribution in [1.29, 1.82) is 0 Å². The molecule has 9 rings (SSSR count). The van der Waals surface area contributed by atoms with Crippen LogP contribution in [0.15, 0.2) is 103 Å². The Hall–Kier alpha value is -4.32. The molecule has 2 aliphatic rings. The predicted molar refractivity (Wildman–Crippen MR) is 266 cm³/mol. The third-order valence-corrected chi connectivity index (χ3v) is 16.7. The first-order valence-corrected chi connectivity index (χ1v) is 27.3. The molecule has 0 atom stereocenters. The third-order valence-electron chi connectivity index (χ3n) is 13.4. The molecule has 4 aromatic carbocycles. The van der Waals surface area contributed by atoms with Crippen LogP contribution >= 0.6 is 11.3 Å². The maximum absolute atomic E-state index is 13.4. The quantitative estimate of drug-likeness (QED) is 0.0773. The molecule has 63 heavy (non-hydrogen) atoms. The van der Waals surface area contributed by atoms with E-state index in [9.17, 15) is 4.39 Å². The van der Waals surface area contributed by atoms with Crippen molar-refractivity contribution in [3.05, 3.63) is 165 Å². The minimum Gasteiger partial charge on any atom is -0.343 e. The molecule has 2 aliphatic carbocycles. The van der Waals surface area contributed by atoms with Gasteiger partial charge in [0.1, 0.15) is 5.82 Å². The molecule has 6 heteroatoms. The monoisotopic (exact) mass is 1050 g/mol. The summed E-state index contributed by atoms with van der Waals surface area (Å²) in [6.45, 7) is 20.7. The molecule has 2 saturated carbocycles. The first-order chi connectivity index (χ1) is 29.7. The zero-order chi connectivity index (χ0) is 43.7. The number of rotatable bonds is 9. The summed E-state index contributed by atoms with van der Waals surface area (Å²) in [5.41, 5.74) is 13.3. The molecule has 0 unspecified atom stereocenters. The first kappa shape index (κ1) is 46.7. The average Bonchev–Trinajstić information content (AvgIpc) is 3.90. The van der Waals surface area contributed by atoms with Gasteiger partial charge in [0.05, 0.1) is 31.9 Å². The van der Waals surface area contributed by atoms with Gasteiger partial charge in [-0.15, -0.1) is 34.6 Å². The van der Waals surface area contributed by atoms with Gasteiger partial charge in [-0.25, -0.2) is 4.39 Å². The van der Waals surface area contributed by atoms with E-state index in [4.69, 9.17) is 0 Å². The summed E-state index contributed by atoms with van der Waals surface area (Å²) < 4.78 is 20.0. The molecule has 3 heterocycles. The summed E-state index contributed by atoms with van der Waals surface area (Å²) >= 11 is 1.81. The number of halogens is 1. The van der Waals surface area contributed by atoms with E-state index in [1.165, 1.54) is 129 Å². The van der Waals surface area contributed by atoms with Gasteiger partial charge in [-0.05, 0) is 99.5 Å². The van der Waals surface area contributed by atoms with Crippen molar-refractivity contribution in [2.45, 2.75) is 110 Å². The van der Waals surface area contributed by atoms with Crippen LogP contribution in [0.5, 0.6) is 0 Å². The van der Waals surface area contributed by atoms with E-state index in [2.05, 4.69) is 145 Å². The summed E-state index contributed by atoms with van der Waals surface area (Å²) in [5.74, 6) is 1.96. The number of nitrogens with zero attached hydrogens (tertiary/aromatic N) is 2. The number of thiophene rings is 1. The van der Waals surface area contributed by atoms with Crippen LogP contribution in [-0.4, -0.2) is 8.07 Å². The van der Waals surface area contributed by atoms with Crippen molar-refractivity contribution in [2.24, 2.45) is 11.8 Å². The van der Waals surface area contributed by atoms with Crippen molar-refractivity contribution in [3.8, 4) is 33.6 Å². The van der Waals surface area contributed by atoms with Crippen LogP contribution in [0.4, 0.5) is 4.39 Å². The van der Waals surface area contributed by atoms with Gasteiger partial charge < -0.3 is 9.13 Å². The molecule has 7 aromatic rings. The van der Waals surface area contributed by atoms with Gasteiger partial charge in [-0.2, -0.15) is 37.1 Å². The maximum Gasteiger partial charge on any atom is 0.123 e. The van der Waals surface area contributed by atoms with E-state index in [0.29, 0.717) is 5.92 Å². The molecule has 0 N–H and O–H groups in total. The summed E-state index contributed by atoms with van der Waals surface area (Å²) in [5, 5.41) is 3.98. The molecule has 0 bridgehead atoms. The Kier molecular flexibility index (Phi) is 14.7. The number of benzene rings is 4. The number of hydrogen-bond acceptors (Lipinski definition) is 1. The van der Waals surface area contributed by atoms with Gasteiger partial charge in [-0.1, -0.05) is 138 Å². The average molecular weight is 1050 g/mol. The molecule has 3 aromatic heterocycles. The summed E-state index contributed by atoms with van der Waals surface area (Å²) in [6.07, 6.45) is 18.9. The van der Waals surface area contributed by atoms with Gasteiger partial charge in [0.25, 0.3) is 0 Å². The molecule has 0 spiro atoms. The SMILES string of the molecule is [CH2-]c1cc(C2CCCCC2)ccc1-c1cc(CC(C)C)c([Si](C)(C)C)c[n+]1[CH2-].[CH2-]c1ccc2c(sc3ccc(-c4ccc(F)cc4)cc32)c1-c1cc(CC2CCCC2)cc[n+]1[CH2-].[Ir]. The molecule has 0 saturated heterocycles. The van der Waals surface area contributed by atoms with Gasteiger partial charge in [0.2, 0.25) is 0 Å². The van der Waals surface area contributed by atoms with E-state index < -0.39 is 8.07 Å². The normalized spacial score (nSPS) is 14.8. The molecule has 1 radical (unpaired) electrons. The van der Waals surface area contributed by atoms with Crippen molar-refractivity contribution in [1.82, 2.24) is 0 Å². The summed E-state index contributed by atoms with van der Waals surface area (Å²) in [4.78, 5) is 0. The fraction of sp³-hybridized carbons (Fsp3) is 0.333. The van der Waals surface area contributed by atoms with Gasteiger partial charge >= 0.3 is 0 Å². The fourth-order valence-corrected chi connectivity index (χ4v) is 13.1. The summed E-state index contributed by atoms with van der Waals surface area (Å²) in [6, 6.07) is 31.5. The van der Waals surface area contributed by atoms with Crippen molar-refractivity contribution < 1.29 is 33.6 Å². The molecule has 0 aliphatic heterocycles. The molecule has 2 fully saturated rings. The second-order valence-electron chi connectivity index (χ2n) is 19.7. The Bertz CT molecular complexity index is 2700.